The Morgan fingerprint density at radius 3 is 2.31 bits per heavy atom. The Hall–Kier alpha value is -2.95. The number of anilines is 1. The fourth-order valence-corrected chi connectivity index (χ4v) is 5.69. The first-order chi connectivity index (χ1) is 15.4. The van der Waals surface area contributed by atoms with Crippen molar-refractivity contribution in [3.05, 3.63) is 80.7 Å². The van der Waals surface area contributed by atoms with E-state index in [0.29, 0.717) is 14.0 Å². The average molecular weight is 484 g/mol. The molecule has 0 aliphatic heterocycles. The molecule has 2 heterocycles. The summed E-state index contributed by atoms with van der Waals surface area (Å²) >= 11 is 8.10. The van der Waals surface area contributed by atoms with Crippen molar-refractivity contribution in [1.29, 1.82) is 0 Å². The van der Waals surface area contributed by atoms with E-state index in [0.717, 1.165) is 11.4 Å². The lowest BCUT2D eigenvalue weighted by Crippen LogP contribution is -2.27. The third-order valence-corrected chi connectivity index (χ3v) is 7.40. The Kier molecular flexibility index (Phi) is 6.45. The van der Waals surface area contributed by atoms with E-state index in [1.54, 1.807) is 30.3 Å². The highest BCUT2D eigenvalue weighted by Crippen LogP contribution is 2.28. The van der Waals surface area contributed by atoms with Crippen LogP contribution in [-0.2, 0) is 11.8 Å². The van der Waals surface area contributed by atoms with E-state index in [1.807, 2.05) is 60.7 Å². The molecular formula is C22H21N5O2S3. The van der Waals surface area contributed by atoms with Crippen molar-refractivity contribution in [1.82, 2.24) is 19.1 Å². The number of thioether (sulfide) groups is 1. The minimum atomic E-state index is -0.469. The molecule has 0 spiro atoms. The Labute approximate surface area is 198 Å². The van der Waals surface area contributed by atoms with Crippen molar-refractivity contribution in [2.24, 2.45) is 7.05 Å². The van der Waals surface area contributed by atoms with Gasteiger partial charge in [0, 0.05) is 7.05 Å². The molecule has 1 unspecified atom stereocenters. The van der Waals surface area contributed by atoms with Crippen molar-refractivity contribution >= 4 is 46.9 Å². The second-order valence-electron chi connectivity index (χ2n) is 7.07. The van der Waals surface area contributed by atoms with E-state index in [4.69, 9.17) is 12.2 Å². The number of benzene rings is 2. The average Bonchev–Trinajstić information content (AvgIpc) is 3.26. The monoisotopic (exact) mass is 483 g/mol. The standard InChI is InChI=1S/C22H21N5O2S3/c1-14-18(20(29)27(25(14)3)17-12-8-5-9-13-17)23-19(28)15(2)31-21-24-26(22(30)32-21)16-10-6-4-7-11-16/h4-13,15H,1-3H3,(H,23,28). The molecule has 32 heavy (non-hydrogen) atoms. The molecule has 0 bridgehead atoms. The number of hydrogen-bond donors (Lipinski definition) is 1. The van der Waals surface area contributed by atoms with Crippen LogP contribution in [0.1, 0.15) is 12.6 Å². The van der Waals surface area contributed by atoms with E-state index in [9.17, 15) is 9.59 Å². The summed E-state index contributed by atoms with van der Waals surface area (Å²) < 4.78 is 6.25. The molecule has 0 radical (unpaired) electrons. The summed E-state index contributed by atoms with van der Waals surface area (Å²) in [6, 6.07) is 18.9. The summed E-state index contributed by atoms with van der Waals surface area (Å²) in [6.45, 7) is 3.59. The molecule has 2 aromatic carbocycles. The van der Waals surface area contributed by atoms with Crippen molar-refractivity contribution in [2.75, 3.05) is 5.32 Å². The van der Waals surface area contributed by atoms with Gasteiger partial charge in [-0.05, 0) is 50.3 Å². The smallest absolute Gasteiger partial charge is 0.295 e. The maximum absolute atomic E-state index is 13.0. The van der Waals surface area contributed by atoms with Gasteiger partial charge in [-0.25, -0.2) is 9.36 Å². The number of nitrogens with one attached hydrogen (secondary N) is 1. The minimum absolute atomic E-state index is 0.270. The van der Waals surface area contributed by atoms with Gasteiger partial charge in [0.15, 0.2) is 8.29 Å². The van der Waals surface area contributed by atoms with Crippen LogP contribution in [0, 0.1) is 10.9 Å². The second kappa shape index (κ2) is 9.27. The summed E-state index contributed by atoms with van der Waals surface area (Å²) in [5, 5.41) is 6.89. The lowest BCUT2D eigenvalue weighted by Gasteiger charge is -2.09. The van der Waals surface area contributed by atoms with E-state index in [1.165, 1.54) is 27.8 Å². The number of carbonyl (C=O) groups is 1. The maximum atomic E-state index is 13.0. The molecule has 10 heteroatoms. The fourth-order valence-electron chi connectivity index (χ4n) is 3.18. The normalized spacial score (nSPS) is 12.0. The highest BCUT2D eigenvalue weighted by Gasteiger charge is 2.22. The van der Waals surface area contributed by atoms with Gasteiger partial charge in [0.1, 0.15) is 5.69 Å². The van der Waals surface area contributed by atoms with Crippen LogP contribution in [0.4, 0.5) is 5.69 Å². The molecular weight excluding hydrogens is 462 g/mol. The highest BCUT2D eigenvalue weighted by atomic mass is 32.2. The predicted molar refractivity (Wildman–Crippen MR) is 132 cm³/mol. The summed E-state index contributed by atoms with van der Waals surface area (Å²) in [7, 11) is 1.79. The molecule has 2 aromatic heterocycles. The zero-order chi connectivity index (χ0) is 22.8. The number of aromatic nitrogens is 4. The summed E-state index contributed by atoms with van der Waals surface area (Å²) in [5.74, 6) is -0.270. The largest absolute Gasteiger partial charge is 0.319 e. The van der Waals surface area contributed by atoms with Gasteiger partial charge in [0.2, 0.25) is 5.91 Å². The molecule has 7 nitrogen and oxygen atoms in total. The van der Waals surface area contributed by atoms with Gasteiger partial charge in [0.05, 0.1) is 22.3 Å². The Morgan fingerprint density at radius 1 is 1.09 bits per heavy atom. The van der Waals surface area contributed by atoms with Crippen LogP contribution in [0.25, 0.3) is 11.4 Å². The first kappa shape index (κ1) is 22.3. The van der Waals surface area contributed by atoms with Gasteiger partial charge in [-0.2, -0.15) is 0 Å². The Balaban J connectivity index is 1.53. The van der Waals surface area contributed by atoms with Gasteiger partial charge < -0.3 is 5.32 Å². The molecule has 0 fully saturated rings. The van der Waals surface area contributed by atoms with Gasteiger partial charge in [0.25, 0.3) is 5.56 Å². The van der Waals surface area contributed by atoms with Crippen molar-refractivity contribution in [3.63, 3.8) is 0 Å². The van der Waals surface area contributed by atoms with E-state index < -0.39 is 5.25 Å². The second-order valence-corrected chi connectivity index (χ2v) is 10.3. The highest BCUT2D eigenvalue weighted by molar-refractivity contribution is 8.02. The van der Waals surface area contributed by atoms with Gasteiger partial charge in [-0.1, -0.05) is 59.5 Å². The van der Waals surface area contributed by atoms with Crippen molar-refractivity contribution in [3.8, 4) is 11.4 Å². The summed E-state index contributed by atoms with van der Waals surface area (Å²) in [6.07, 6.45) is 0. The number of carbonyl (C=O) groups excluding carboxylic acids is 1. The molecule has 0 saturated carbocycles. The number of nitrogens with zero attached hydrogens (tertiary/aromatic N) is 4. The van der Waals surface area contributed by atoms with Crippen LogP contribution in [0.15, 0.2) is 69.8 Å². The molecule has 1 N–H and O–H groups in total. The Bertz CT molecular complexity index is 1370. The third-order valence-electron chi connectivity index (χ3n) is 4.98. The quantitative estimate of drug-likeness (QED) is 0.321. The first-order valence-electron chi connectivity index (χ1n) is 9.84. The predicted octanol–water partition coefficient (Wildman–Crippen LogP) is 4.58. The molecule has 1 amide bonds. The van der Waals surface area contributed by atoms with Crippen LogP contribution in [0.2, 0.25) is 0 Å². The number of rotatable bonds is 6. The van der Waals surface area contributed by atoms with Crippen LogP contribution in [0.5, 0.6) is 0 Å². The zero-order valence-electron chi connectivity index (χ0n) is 17.7. The zero-order valence-corrected chi connectivity index (χ0v) is 20.1. The molecule has 0 aliphatic carbocycles. The van der Waals surface area contributed by atoms with E-state index in [2.05, 4.69) is 10.4 Å². The van der Waals surface area contributed by atoms with Crippen LogP contribution in [-0.4, -0.2) is 30.3 Å². The van der Waals surface area contributed by atoms with Gasteiger partial charge in [-0.3, -0.25) is 14.3 Å². The topological polar surface area (TPSA) is 73.8 Å². The van der Waals surface area contributed by atoms with Crippen molar-refractivity contribution in [2.45, 2.75) is 23.4 Å². The lowest BCUT2D eigenvalue weighted by molar-refractivity contribution is -0.115. The SMILES string of the molecule is Cc1c(NC(=O)C(C)Sc2nn(-c3ccccc3)c(=S)s2)c(=O)n(-c2ccccc2)n1C. The molecule has 164 valence electrons. The fraction of sp³-hybridized carbons (Fsp3) is 0.182. The first-order valence-corrected chi connectivity index (χ1v) is 11.9. The molecule has 0 aliphatic rings. The summed E-state index contributed by atoms with van der Waals surface area (Å²) in [5.41, 5.74) is 2.28. The molecule has 0 saturated heterocycles. The Morgan fingerprint density at radius 2 is 1.69 bits per heavy atom. The van der Waals surface area contributed by atoms with Gasteiger partial charge in [-0.15, -0.1) is 5.10 Å². The minimum Gasteiger partial charge on any atom is -0.319 e. The van der Waals surface area contributed by atoms with E-state index >= 15 is 0 Å². The third kappa shape index (κ3) is 4.34. The number of para-hydroxylation sites is 2. The van der Waals surface area contributed by atoms with Crippen LogP contribution < -0.4 is 10.9 Å². The maximum Gasteiger partial charge on any atom is 0.295 e. The lowest BCUT2D eigenvalue weighted by atomic mass is 10.3. The number of hydrogen-bond acceptors (Lipinski definition) is 6. The number of amides is 1. The molecule has 4 rings (SSSR count). The van der Waals surface area contributed by atoms with Crippen molar-refractivity contribution < 1.29 is 4.79 Å². The molecule has 4 aromatic rings. The van der Waals surface area contributed by atoms with Gasteiger partial charge >= 0.3 is 0 Å². The van der Waals surface area contributed by atoms with Crippen LogP contribution >= 0.6 is 35.3 Å². The summed E-state index contributed by atoms with van der Waals surface area (Å²) in [4.78, 5) is 25.9. The molecule has 1 atom stereocenters. The van der Waals surface area contributed by atoms with E-state index in [-0.39, 0.29) is 17.2 Å². The van der Waals surface area contributed by atoms with Crippen LogP contribution in [0.3, 0.4) is 0 Å².